The molecule has 0 saturated heterocycles. The predicted octanol–water partition coefficient (Wildman–Crippen LogP) is 1.86. The predicted molar refractivity (Wildman–Crippen MR) is 62.8 cm³/mol. The molecular formula is C11H15N3O3. The molecule has 0 fully saturated rings. The molecule has 0 bridgehead atoms. The highest BCUT2D eigenvalue weighted by Crippen LogP contribution is 2.16. The third kappa shape index (κ3) is 3.24. The molecule has 0 aliphatic rings. The van der Waals surface area contributed by atoms with Crippen LogP contribution < -0.4 is 0 Å². The Balaban J connectivity index is 2.92. The molecule has 0 N–H and O–H groups in total. The molecule has 1 rings (SSSR count). The fraction of sp³-hybridized carbons (Fsp3) is 0.455. The Bertz CT molecular complexity index is 420. The summed E-state index contributed by atoms with van der Waals surface area (Å²) in [7, 11) is 1.63. The molecule has 0 aliphatic carbocycles. The van der Waals surface area contributed by atoms with Crippen molar-refractivity contribution >= 4 is 11.7 Å². The van der Waals surface area contributed by atoms with Crippen LogP contribution in [0.5, 0.6) is 0 Å². The van der Waals surface area contributed by atoms with E-state index in [1.807, 2.05) is 6.92 Å². The second-order valence-electron chi connectivity index (χ2n) is 3.71. The Hall–Kier alpha value is -1.98. The van der Waals surface area contributed by atoms with E-state index in [-0.39, 0.29) is 17.3 Å². The van der Waals surface area contributed by atoms with Gasteiger partial charge in [-0.1, -0.05) is 13.3 Å². The number of amides is 1. The summed E-state index contributed by atoms with van der Waals surface area (Å²) in [5, 5.41) is 10.7. The second kappa shape index (κ2) is 5.93. The number of hydrogen-bond acceptors (Lipinski definition) is 4. The molecule has 1 aromatic heterocycles. The van der Waals surface area contributed by atoms with Crippen molar-refractivity contribution in [2.75, 3.05) is 13.6 Å². The van der Waals surface area contributed by atoms with Gasteiger partial charge in [-0.2, -0.15) is 0 Å². The molecule has 0 aromatic carbocycles. The molecule has 6 nitrogen and oxygen atoms in total. The third-order valence-corrected chi connectivity index (χ3v) is 2.38. The third-order valence-electron chi connectivity index (χ3n) is 2.38. The molecule has 6 heteroatoms. The Kier molecular flexibility index (Phi) is 4.56. The number of rotatable bonds is 5. The fourth-order valence-electron chi connectivity index (χ4n) is 1.41. The van der Waals surface area contributed by atoms with Crippen molar-refractivity contribution in [3.05, 3.63) is 34.0 Å². The van der Waals surface area contributed by atoms with Crippen LogP contribution in [-0.2, 0) is 0 Å². The minimum atomic E-state index is -0.638. The number of nitrogens with zero attached hydrogens (tertiary/aromatic N) is 3. The first-order valence-electron chi connectivity index (χ1n) is 5.42. The lowest BCUT2D eigenvalue weighted by atomic mass is 10.2. The monoisotopic (exact) mass is 237 g/mol. The summed E-state index contributed by atoms with van der Waals surface area (Å²) in [6, 6.07) is 2.95. The maximum atomic E-state index is 12.0. The Morgan fingerprint density at radius 2 is 2.29 bits per heavy atom. The zero-order chi connectivity index (χ0) is 12.8. The van der Waals surface area contributed by atoms with E-state index in [0.717, 1.165) is 12.8 Å². The summed E-state index contributed by atoms with van der Waals surface area (Å²) in [6.45, 7) is 2.60. The van der Waals surface area contributed by atoms with Gasteiger partial charge >= 0.3 is 5.82 Å². The van der Waals surface area contributed by atoms with E-state index in [9.17, 15) is 14.9 Å². The van der Waals surface area contributed by atoms with Crippen LogP contribution in [-0.4, -0.2) is 34.3 Å². The van der Waals surface area contributed by atoms with Crippen LogP contribution in [0.25, 0.3) is 0 Å². The first-order valence-corrected chi connectivity index (χ1v) is 5.42. The smallest absolute Gasteiger partial charge is 0.358 e. The van der Waals surface area contributed by atoms with Gasteiger partial charge in [-0.05, 0) is 28.5 Å². The Morgan fingerprint density at radius 1 is 1.59 bits per heavy atom. The van der Waals surface area contributed by atoms with Crippen molar-refractivity contribution in [3.63, 3.8) is 0 Å². The van der Waals surface area contributed by atoms with Gasteiger partial charge in [-0.25, -0.2) is 0 Å². The molecule has 0 saturated carbocycles. The first-order chi connectivity index (χ1) is 8.07. The number of unbranched alkanes of at least 4 members (excludes halogenated alkanes) is 1. The van der Waals surface area contributed by atoms with Gasteiger partial charge in [0.2, 0.25) is 0 Å². The zero-order valence-electron chi connectivity index (χ0n) is 9.92. The average molecular weight is 237 g/mol. The maximum absolute atomic E-state index is 12.0. The summed E-state index contributed by atoms with van der Waals surface area (Å²) in [4.78, 5) is 27.1. The van der Waals surface area contributed by atoms with Crippen LogP contribution in [0, 0.1) is 10.1 Å². The molecule has 0 unspecified atom stereocenters. The number of carbonyl (C=O) groups is 1. The molecule has 1 amide bonds. The van der Waals surface area contributed by atoms with Crippen LogP contribution in [0.2, 0.25) is 0 Å². The van der Waals surface area contributed by atoms with E-state index in [1.54, 1.807) is 7.05 Å². The highest BCUT2D eigenvalue weighted by molar-refractivity contribution is 5.97. The van der Waals surface area contributed by atoms with Crippen LogP contribution >= 0.6 is 0 Å². The molecule has 0 radical (unpaired) electrons. The SMILES string of the molecule is CCCCN(C)C(=O)c1cccnc1[N+](=O)[O-]. The summed E-state index contributed by atoms with van der Waals surface area (Å²) >= 11 is 0. The summed E-state index contributed by atoms with van der Waals surface area (Å²) in [6.07, 6.45) is 3.14. The van der Waals surface area contributed by atoms with E-state index in [0.29, 0.717) is 6.54 Å². The maximum Gasteiger partial charge on any atom is 0.376 e. The molecule has 17 heavy (non-hydrogen) atoms. The van der Waals surface area contributed by atoms with E-state index in [1.165, 1.54) is 23.2 Å². The van der Waals surface area contributed by atoms with Crippen LogP contribution in [0.1, 0.15) is 30.1 Å². The van der Waals surface area contributed by atoms with Gasteiger partial charge in [-0.3, -0.25) is 4.79 Å². The van der Waals surface area contributed by atoms with Gasteiger partial charge < -0.3 is 15.0 Å². The number of aromatic nitrogens is 1. The Morgan fingerprint density at radius 3 is 2.88 bits per heavy atom. The molecule has 0 atom stereocenters. The van der Waals surface area contributed by atoms with E-state index in [2.05, 4.69) is 4.98 Å². The van der Waals surface area contributed by atoms with Crippen LogP contribution in [0.15, 0.2) is 18.3 Å². The molecule has 0 aliphatic heterocycles. The van der Waals surface area contributed by atoms with Crippen LogP contribution in [0.4, 0.5) is 5.82 Å². The van der Waals surface area contributed by atoms with E-state index < -0.39 is 4.92 Å². The minimum Gasteiger partial charge on any atom is -0.358 e. The van der Waals surface area contributed by atoms with Gasteiger partial charge in [-0.15, -0.1) is 0 Å². The highest BCUT2D eigenvalue weighted by Gasteiger charge is 2.23. The number of hydrogen-bond donors (Lipinski definition) is 0. The lowest BCUT2D eigenvalue weighted by Crippen LogP contribution is -2.28. The lowest BCUT2D eigenvalue weighted by Gasteiger charge is -2.16. The average Bonchev–Trinajstić information content (AvgIpc) is 2.34. The number of pyridine rings is 1. The molecule has 1 aromatic rings. The molecular weight excluding hydrogens is 222 g/mol. The van der Waals surface area contributed by atoms with E-state index in [4.69, 9.17) is 0 Å². The van der Waals surface area contributed by atoms with Gasteiger partial charge in [0.05, 0.1) is 0 Å². The Labute approximate surface area is 99.4 Å². The first kappa shape index (κ1) is 13.1. The summed E-state index contributed by atoms with van der Waals surface area (Å²) in [5.41, 5.74) is 0.0381. The number of nitro groups is 1. The fourth-order valence-corrected chi connectivity index (χ4v) is 1.41. The standard InChI is InChI=1S/C11H15N3O3/c1-3-4-8-13(2)11(15)9-6-5-7-12-10(9)14(16)17/h5-7H,3-4,8H2,1-2H3. The van der Waals surface area contributed by atoms with Gasteiger partial charge in [0.15, 0.2) is 0 Å². The highest BCUT2D eigenvalue weighted by atomic mass is 16.6. The minimum absolute atomic E-state index is 0.0381. The quantitative estimate of drug-likeness (QED) is 0.578. The van der Waals surface area contributed by atoms with Crippen molar-refractivity contribution in [2.24, 2.45) is 0 Å². The van der Waals surface area contributed by atoms with Gasteiger partial charge in [0.25, 0.3) is 5.91 Å². The summed E-state index contributed by atoms with van der Waals surface area (Å²) in [5.74, 6) is -0.751. The van der Waals surface area contributed by atoms with Crippen molar-refractivity contribution in [3.8, 4) is 0 Å². The molecule has 0 spiro atoms. The second-order valence-corrected chi connectivity index (χ2v) is 3.71. The molecule has 92 valence electrons. The largest absolute Gasteiger partial charge is 0.376 e. The zero-order valence-corrected chi connectivity index (χ0v) is 9.92. The summed E-state index contributed by atoms with van der Waals surface area (Å²) < 4.78 is 0. The van der Waals surface area contributed by atoms with Crippen molar-refractivity contribution in [2.45, 2.75) is 19.8 Å². The van der Waals surface area contributed by atoms with Crippen LogP contribution in [0.3, 0.4) is 0 Å². The van der Waals surface area contributed by atoms with Crippen molar-refractivity contribution in [1.29, 1.82) is 0 Å². The van der Waals surface area contributed by atoms with Gasteiger partial charge in [0, 0.05) is 13.6 Å². The van der Waals surface area contributed by atoms with Crippen molar-refractivity contribution in [1.82, 2.24) is 9.88 Å². The molecule has 1 heterocycles. The normalized spacial score (nSPS) is 10.0. The topological polar surface area (TPSA) is 76.3 Å². The van der Waals surface area contributed by atoms with Crippen molar-refractivity contribution < 1.29 is 9.72 Å². The number of carbonyl (C=O) groups excluding carboxylic acids is 1. The van der Waals surface area contributed by atoms with Gasteiger partial charge in [0.1, 0.15) is 11.8 Å². The van der Waals surface area contributed by atoms with E-state index >= 15 is 0 Å². The lowest BCUT2D eigenvalue weighted by molar-refractivity contribution is -0.389.